The fourth-order valence-corrected chi connectivity index (χ4v) is 5.67. The van der Waals surface area contributed by atoms with Gasteiger partial charge in [0.25, 0.3) is 0 Å². The third-order valence-corrected chi connectivity index (χ3v) is 7.38. The summed E-state index contributed by atoms with van der Waals surface area (Å²) >= 11 is 0. The second-order valence-electron chi connectivity index (χ2n) is 10.8. The average molecular weight is 702 g/mol. The number of pyridine rings is 2. The molecule has 0 atom stereocenters. The number of hydrogen-bond acceptors (Lipinski definition) is 5. The molecule has 40 heavy (non-hydrogen) atoms. The molecule has 0 saturated carbocycles. The predicted molar refractivity (Wildman–Crippen MR) is 152 cm³/mol. The van der Waals surface area contributed by atoms with Crippen molar-refractivity contribution in [2.45, 2.75) is 26.2 Å². The zero-order valence-corrected chi connectivity index (χ0v) is 24.2. The zero-order chi connectivity index (χ0) is 26.3. The smallest absolute Gasteiger partial charge is 0.497 e. The van der Waals surface area contributed by atoms with Crippen LogP contribution in [0.5, 0.6) is 11.5 Å². The van der Waals surface area contributed by atoms with Crippen LogP contribution in [0.2, 0.25) is 0 Å². The first-order chi connectivity index (χ1) is 19.0. The molecule has 5 heterocycles. The monoisotopic (exact) mass is 701 g/mol. The van der Waals surface area contributed by atoms with Crippen molar-refractivity contribution in [2.24, 2.45) is 0 Å². The first-order valence-electron chi connectivity index (χ1n) is 12.8. The van der Waals surface area contributed by atoms with Crippen molar-refractivity contribution in [2.75, 3.05) is 0 Å². The van der Waals surface area contributed by atoms with E-state index < -0.39 is 0 Å². The second-order valence-corrected chi connectivity index (χ2v) is 10.8. The van der Waals surface area contributed by atoms with E-state index in [0.29, 0.717) is 11.5 Å². The number of fused-ring (bicyclic) bond motifs is 12. The summed E-state index contributed by atoms with van der Waals surface area (Å²) in [7, 11) is 0. The molecule has 0 bridgehead atoms. The van der Waals surface area contributed by atoms with Gasteiger partial charge >= 0.3 is 21.1 Å². The van der Waals surface area contributed by atoms with Crippen LogP contribution >= 0.6 is 0 Å². The van der Waals surface area contributed by atoms with Gasteiger partial charge in [-0.25, -0.2) is 9.97 Å². The minimum atomic E-state index is -0.0245. The van der Waals surface area contributed by atoms with Gasteiger partial charge in [-0.3, -0.25) is 9.97 Å². The van der Waals surface area contributed by atoms with E-state index >= 15 is 0 Å². The van der Waals surface area contributed by atoms with Gasteiger partial charge in [0, 0.05) is 53.4 Å². The van der Waals surface area contributed by atoms with Crippen LogP contribution in [0.15, 0.2) is 79.8 Å². The van der Waals surface area contributed by atoms with E-state index in [0.717, 1.165) is 49.4 Å². The molecule has 0 unspecified atom stereocenters. The Morgan fingerprint density at radius 1 is 0.725 bits per heavy atom. The maximum Gasteiger partial charge on any atom is 2.00 e. The molecule has 0 N–H and O–H groups in total. The molecule has 5 aromatic heterocycles. The van der Waals surface area contributed by atoms with E-state index in [1.54, 1.807) is 12.5 Å². The van der Waals surface area contributed by atoms with Crippen LogP contribution in [-0.2, 0) is 26.5 Å². The summed E-state index contributed by atoms with van der Waals surface area (Å²) in [4.78, 5) is 18.0. The van der Waals surface area contributed by atoms with Crippen molar-refractivity contribution < 1.29 is 25.8 Å². The molecule has 0 amide bonds. The van der Waals surface area contributed by atoms with E-state index in [1.165, 1.54) is 10.9 Å². The van der Waals surface area contributed by atoms with Crippen LogP contribution < -0.4 is 4.74 Å². The normalized spacial score (nSPS) is 12.2. The Balaban J connectivity index is 0.00000264. The molecule has 0 saturated heterocycles. The molecule has 3 aromatic carbocycles. The first-order valence-corrected chi connectivity index (χ1v) is 12.8. The first kappa shape index (κ1) is 24.7. The summed E-state index contributed by atoms with van der Waals surface area (Å²) in [5.74, 6) is 1.17. The number of imidazole rings is 2. The number of hydrogen-bond donors (Lipinski definition) is 0. The third kappa shape index (κ3) is 3.54. The van der Waals surface area contributed by atoms with Gasteiger partial charge in [-0.15, -0.1) is 12.1 Å². The molecular weight excluding hydrogens is 679 g/mol. The fraction of sp³-hybridized carbons (Fsp3) is 0.125. The molecule has 0 fully saturated rings. The van der Waals surface area contributed by atoms with Gasteiger partial charge in [-0.2, -0.15) is 0 Å². The summed E-state index contributed by atoms with van der Waals surface area (Å²) in [5.41, 5.74) is 4.81. The molecule has 196 valence electrons. The van der Waals surface area contributed by atoms with Crippen LogP contribution in [-0.4, -0.2) is 28.7 Å². The summed E-state index contributed by atoms with van der Waals surface area (Å²) in [5, 5.41) is 5.98. The maximum absolute atomic E-state index is 6.35. The van der Waals surface area contributed by atoms with Gasteiger partial charge in [0.2, 0.25) is 0 Å². The van der Waals surface area contributed by atoms with Crippen molar-refractivity contribution in [1.82, 2.24) is 28.7 Å². The van der Waals surface area contributed by atoms with Gasteiger partial charge in [0.05, 0.1) is 11.3 Å². The molecule has 0 aliphatic rings. The van der Waals surface area contributed by atoms with Crippen molar-refractivity contribution in [3.63, 3.8) is 0 Å². The molecular formula is C32H22N6OPt. The second kappa shape index (κ2) is 8.83. The fourth-order valence-electron chi connectivity index (χ4n) is 5.67. The van der Waals surface area contributed by atoms with Crippen LogP contribution in [0.1, 0.15) is 26.3 Å². The zero-order valence-electron chi connectivity index (χ0n) is 21.9. The van der Waals surface area contributed by atoms with Crippen LogP contribution in [0, 0.1) is 12.1 Å². The van der Waals surface area contributed by atoms with Crippen LogP contribution in [0.3, 0.4) is 0 Å². The van der Waals surface area contributed by atoms with Gasteiger partial charge in [0.1, 0.15) is 12.0 Å². The third-order valence-electron chi connectivity index (χ3n) is 7.38. The van der Waals surface area contributed by atoms with E-state index in [2.05, 4.69) is 81.5 Å². The predicted octanol–water partition coefficient (Wildman–Crippen LogP) is 7.07. The summed E-state index contributed by atoms with van der Waals surface area (Å²) in [6, 6.07) is 21.4. The minimum absolute atomic E-state index is 0. The van der Waals surface area contributed by atoms with Crippen molar-refractivity contribution in [3.8, 4) is 11.5 Å². The Hall–Kier alpha value is -4.35. The van der Waals surface area contributed by atoms with Crippen LogP contribution in [0.4, 0.5) is 0 Å². The molecule has 0 radical (unpaired) electrons. The summed E-state index contributed by atoms with van der Waals surface area (Å²) < 4.78 is 10.4. The van der Waals surface area contributed by atoms with Crippen molar-refractivity contribution >= 4 is 54.8 Å². The topological polar surface area (TPSA) is 69.6 Å². The van der Waals surface area contributed by atoms with Crippen molar-refractivity contribution in [1.29, 1.82) is 0 Å². The maximum atomic E-state index is 6.35. The number of aromatic nitrogens is 6. The number of ether oxygens (including phenoxy) is 1. The van der Waals surface area contributed by atoms with Crippen molar-refractivity contribution in [3.05, 3.63) is 97.5 Å². The van der Waals surface area contributed by atoms with E-state index in [4.69, 9.17) is 4.74 Å². The van der Waals surface area contributed by atoms with Crippen LogP contribution in [0.25, 0.3) is 54.8 Å². The molecule has 8 rings (SSSR count). The van der Waals surface area contributed by atoms with E-state index in [9.17, 15) is 0 Å². The van der Waals surface area contributed by atoms with E-state index in [1.807, 2.05) is 47.4 Å². The Morgan fingerprint density at radius 2 is 1.40 bits per heavy atom. The molecule has 0 spiro atoms. The Kier molecular flexibility index (Phi) is 5.45. The molecule has 0 aliphatic carbocycles. The van der Waals surface area contributed by atoms with E-state index in [-0.39, 0.29) is 26.5 Å². The van der Waals surface area contributed by atoms with Gasteiger partial charge in [-0.1, -0.05) is 78.7 Å². The molecule has 8 heteroatoms. The Labute approximate surface area is 243 Å². The summed E-state index contributed by atoms with van der Waals surface area (Å²) in [6.07, 6.45) is 10.9. The largest absolute Gasteiger partial charge is 2.00 e. The molecule has 0 aliphatic heterocycles. The van der Waals surface area contributed by atoms with Gasteiger partial charge < -0.3 is 13.5 Å². The number of benzene rings is 3. The molecule has 8 aromatic rings. The van der Waals surface area contributed by atoms with Gasteiger partial charge in [-0.05, 0) is 22.4 Å². The minimum Gasteiger partial charge on any atom is -0.497 e. The quantitative estimate of drug-likeness (QED) is 0.143. The Morgan fingerprint density at radius 3 is 2.15 bits per heavy atom. The number of nitrogens with zero attached hydrogens (tertiary/aromatic N) is 6. The van der Waals surface area contributed by atoms with Gasteiger partial charge in [0.15, 0.2) is 0 Å². The standard InChI is InChI=1S/C32H22N6O.Pt/c1-32(2,3)26-5-4-6-27-28(26)22-10-8-20(16-24(22)29-34-11-13-37(27)29)39-19-7-9-21-23(15-19)30-35-12-14-38(30)31-25(21)17-33-18-36-31;/h4-14,17-18H,1-3H3;/q-2;+2. The molecule has 7 nitrogen and oxygen atoms in total. The SMILES string of the molecule is CC(C)(C)c1cccc2c1c1ccc(Oc3[c-]c4c(cc3)c3cncnc3n3ccnc43)[c-]c1c1nccn21.[Pt+2]. The summed E-state index contributed by atoms with van der Waals surface area (Å²) in [6.45, 7) is 6.73. The average Bonchev–Trinajstić information content (AvgIpc) is 3.63. The number of rotatable bonds is 2. The Bertz CT molecular complexity index is 2260.